The molecule has 0 saturated carbocycles. The van der Waals surface area contributed by atoms with Crippen LogP contribution in [-0.4, -0.2) is 11.8 Å². The fourth-order valence-electron chi connectivity index (χ4n) is 1.51. The van der Waals surface area contributed by atoms with Gasteiger partial charge in [0.15, 0.2) is 0 Å². The van der Waals surface area contributed by atoms with Gasteiger partial charge in [0, 0.05) is 11.8 Å². The van der Waals surface area contributed by atoms with Gasteiger partial charge in [-0.2, -0.15) is 0 Å². The Morgan fingerprint density at radius 2 is 1.31 bits per heavy atom. The fraction of sp³-hybridized carbons (Fsp3) is 1.00. The lowest BCUT2D eigenvalue weighted by Crippen LogP contribution is -1.95. The van der Waals surface area contributed by atoms with E-state index in [0.29, 0.717) is 0 Å². The van der Waals surface area contributed by atoms with E-state index in [1.165, 1.54) is 44.9 Å². The van der Waals surface area contributed by atoms with E-state index in [1.54, 1.807) is 0 Å². The van der Waals surface area contributed by atoms with E-state index < -0.39 is 0 Å². The second-order valence-electron chi connectivity index (χ2n) is 3.83. The molecule has 0 saturated heterocycles. The Morgan fingerprint density at radius 1 is 0.769 bits per heavy atom. The molecule has 0 rings (SSSR count). The molecular weight excluding hydrogens is 203 g/mol. The van der Waals surface area contributed by atoms with Crippen molar-refractivity contribution in [1.82, 2.24) is 0 Å². The van der Waals surface area contributed by atoms with Gasteiger partial charge in [-0.25, -0.2) is 0 Å². The van der Waals surface area contributed by atoms with Crippen LogP contribution in [0, 0.1) is 5.92 Å². The van der Waals surface area contributed by atoms with Crippen molar-refractivity contribution in [1.29, 1.82) is 0 Å². The molecule has 1 atom stereocenters. The summed E-state index contributed by atoms with van der Waals surface area (Å²) in [5.74, 6) is 2.49. The van der Waals surface area contributed by atoms with Crippen molar-refractivity contribution in [3.05, 3.63) is 0 Å². The van der Waals surface area contributed by atoms with E-state index in [1.807, 2.05) is 0 Å². The number of hydrogen-bond acceptors (Lipinski definition) is 0. The van der Waals surface area contributed by atoms with Crippen molar-refractivity contribution >= 4 is 23.2 Å². The third-order valence-electron chi connectivity index (χ3n) is 2.41. The molecule has 0 aliphatic carbocycles. The predicted octanol–water partition coefficient (Wildman–Crippen LogP) is 4.83. The molecule has 0 aliphatic heterocycles. The molecule has 0 aliphatic rings. The van der Waals surface area contributed by atoms with E-state index in [2.05, 4.69) is 6.92 Å². The summed E-state index contributed by atoms with van der Waals surface area (Å²) in [4.78, 5) is 0. The molecule has 0 N–H and O–H groups in total. The standard InChI is InChI=1S/C11H22Cl2/c1-11(8-6-10-13)7-4-2-3-5-9-12/h11H,2-10H2,1H3. The van der Waals surface area contributed by atoms with Crippen molar-refractivity contribution < 1.29 is 0 Å². The quantitative estimate of drug-likeness (QED) is 0.389. The number of alkyl halides is 2. The lowest BCUT2D eigenvalue weighted by molar-refractivity contribution is 0.456. The van der Waals surface area contributed by atoms with Crippen LogP contribution in [0.1, 0.15) is 51.9 Å². The summed E-state index contributed by atoms with van der Waals surface area (Å²) in [5.41, 5.74) is 0. The van der Waals surface area contributed by atoms with Gasteiger partial charge in [0.1, 0.15) is 0 Å². The molecule has 0 amide bonds. The third kappa shape index (κ3) is 10.5. The van der Waals surface area contributed by atoms with Gasteiger partial charge in [-0.3, -0.25) is 0 Å². The first-order chi connectivity index (χ1) is 6.31. The maximum absolute atomic E-state index is 5.63. The van der Waals surface area contributed by atoms with Crippen LogP contribution in [0.15, 0.2) is 0 Å². The maximum atomic E-state index is 5.63. The average molecular weight is 225 g/mol. The van der Waals surface area contributed by atoms with Gasteiger partial charge in [0.2, 0.25) is 0 Å². The Hall–Kier alpha value is 0.580. The second-order valence-corrected chi connectivity index (χ2v) is 4.58. The largest absolute Gasteiger partial charge is 0.127 e. The highest BCUT2D eigenvalue weighted by molar-refractivity contribution is 6.18. The molecule has 0 aromatic carbocycles. The van der Waals surface area contributed by atoms with Gasteiger partial charge < -0.3 is 0 Å². The number of halogens is 2. The van der Waals surface area contributed by atoms with Crippen LogP contribution in [0.3, 0.4) is 0 Å². The summed E-state index contributed by atoms with van der Waals surface area (Å²) >= 11 is 11.2. The summed E-state index contributed by atoms with van der Waals surface area (Å²) < 4.78 is 0. The monoisotopic (exact) mass is 224 g/mol. The third-order valence-corrected chi connectivity index (χ3v) is 2.95. The average Bonchev–Trinajstić information content (AvgIpc) is 2.14. The molecule has 0 bridgehead atoms. The lowest BCUT2D eigenvalue weighted by Gasteiger charge is -2.09. The first-order valence-electron chi connectivity index (χ1n) is 5.43. The van der Waals surface area contributed by atoms with E-state index in [0.717, 1.165) is 17.7 Å². The Kier molecular flexibility index (Phi) is 11.1. The highest BCUT2D eigenvalue weighted by atomic mass is 35.5. The van der Waals surface area contributed by atoms with Gasteiger partial charge in [0.25, 0.3) is 0 Å². The molecule has 0 fully saturated rings. The van der Waals surface area contributed by atoms with Crippen LogP contribution in [0.4, 0.5) is 0 Å². The summed E-state index contributed by atoms with van der Waals surface area (Å²) in [6, 6.07) is 0. The highest BCUT2D eigenvalue weighted by Gasteiger charge is 2.00. The van der Waals surface area contributed by atoms with Crippen molar-refractivity contribution in [3.8, 4) is 0 Å². The zero-order valence-electron chi connectivity index (χ0n) is 8.70. The summed E-state index contributed by atoms with van der Waals surface area (Å²) in [6.07, 6.45) is 9.00. The van der Waals surface area contributed by atoms with E-state index >= 15 is 0 Å². The van der Waals surface area contributed by atoms with Crippen LogP contribution < -0.4 is 0 Å². The Morgan fingerprint density at radius 3 is 1.92 bits per heavy atom. The van der Waals surface area contributed by atoms with E-state index in [4.69, 9.17) is 23.2 Å². The SMILES string of the molecule is CC(CCCCl)CCCCCCCl. The van der Waals surface area contributed by atoms with Crippen LogP contribution in [0.2, 0.25) is 0 Å². The minimum atomic E-state index is 0.816. The molecular formula is C11H22Cl2. The molecule has 0 radical (unpaired) electrons. The molecule has 0 nitrogen and oxygen atoms in total. The van der Waals surface area contributed by atoms with Gasteiger partial charge in [-0.15, -0.1) is 23.2 Å². The van der Waals surface area contributed by atoms with E-state index in [9.17, 15) is 0 Å². The summed E-state index contributed by atoms with van der Waals surface area (Å²) in [7, 11) is 0. The number of rotatable bonds is 9. The predicted molar refractivity (Wildman–Crippen MR) is 62.9 cm³/mol. The first-order valence-corrected chi connectivity index (χ1v) is 6.50. The summed E-state index contributed by atoms with van der Waals surface area (Å²) in [5, 5.41) is 0. The molecule has 80 valence electrons. The molecule has 0 heterocycles. The van der Waals surface area contributed by atoms with Crippen molar-refractivity contribution in [2.45, 2.75) is 51.9 Å². The smallest absolute Gasteiger partial charge is 0.0223 e. The number of hydrogen-bond donors (Lipinski definition) is 0. The van der Waals surface area contributed by atoms with Crippen LogP contribution in [0.5, 0.6) is 0 Å². The Bertz CT molecular complexity index is 94.1. The molecule has 0 aromatic rings. The van der Waals surface area contributed by atoms with Crippen molar-refractivity contribution in [2.24, 2.45) is 5.92 Å². The topological polar surface area (TPSA) is 0 Å². The van der Waals surface area contributed by atoms with E-state index in [-0.39, 0.29) is 0 Å². The van der Waals surface area contributed by atoms with Crippen molar-refractivity contribution in [3.63, 3.8) is 0 Å². The Labute approximate surface area is 93.0 Å². The lowest BCUT2D eigenvalue weighted by atomic mass is 9.98. The van der Waals surface area contributed by atoms with Crippen molar-refractivity contribution in [2.75, 3.05) is 11.8 Å². The fourth-order valence-corrected chi connectivity index (χ4v) is 1.85. The zero-order chi connectivity index (χ0) is 9.94. The zero-order valence-corrected chi connectivity index (χ0v) is 10.2. The minimum Gasteiger partial charge on any atom is -0.127 e. The molecule has 1 unspecified atom stereocenters. The van der Waals surface area contributed by atoms with Gasteiger partial charge in [0.05, 0.1) is 0 Å². The first kappa shape index (κ1) is 13.6. The molecule has 0 aromatic heterocycles. The summed E-state index contributed by atoms with van der Waals surface area (Å²) in [6.45, 7) is 2.33. The van der Waals surface area contributed by atoms with Crippen LogP contribution in [0.25, 0.3) is 0 Å². The van der Waals surface area contributed by atoms with Crippen LogP contribution in [-0.2, 0) is 0 Å². The van der Waals surface area contributed by atoms with Gasteiger partial charge >= 0.3 is 0 Å². The van der Waals surface area contributed by atoms with Gasteiger partial charge in [-0.1, -0.05) is 32.6 Å². The maximum Gasteiger partial charge on any atom is 0.0223 e. The minimum absolute atomic E-state index is 0.816. The second kappa shape index (κ2) is 10.7. The molecule has 0 spiro atoms. The van der Waals surface area contributed by atoms with Crippen LogP contribution >= 0.6 is 23.2 Å². The number of unbranched alkanes of at least 4 members (excludes halogenated alkanes) is 3. The normalized spacial score (nSPS) is 13.2. The van der Waals surface area contributed by atoms with Gasteiger partial charge in [-0.05, 0) is 25.2 Å². The molecule has 13 heavy (non-hydrogen) atoms. The molecule has 2 heteroatoms. The highest BCUT2D eigenvalue weighted by Crippen LogP contribution is 2.15. The Balaban J connectivity index is 3.03.